The molecule has 1 unspecified atom stereocenters. The molecule has 0 saturated heterocycles. The topological polar surface area (TPSA) is 12.0 Å². The summed E-state index contributed by atoms with van der Waals surface area (Å²) in [4.78, 5) is 0. The van der Waals surface area contributed by atoms with Crippen LogP contribution < -0.4 is 5.32 Å². The molecule has 0 radical (unpaired) electrons. The van der Waals surface area contributed by atoms with Gasteiger partial charge in [0.1, 0.15) is 5.82 Å². The van der Waals surface area contributed by atoms with Crippen molar-refractivity contribution in [2.45, 2.75) is 18.9 Å². The van der Waals surface area contributed by atoms with E-state index in [0.29, 0.717) is 0 Å². The van der Waals surface area contributed by atoms with Gasteiger partial charge in [-0.3, -0.25) is 0 Å². The Morgan fingerprint density at radius 2 is 2.05 bits per heavy atom. The normalized spacial score (nSPS) is 18.1. The lowest BCUT2D eigenvalue weighted by atomic mass is 9.90. The van der Waals surface area contributed by atoms with Crippen LogP contribution in [0, 0.1) is 5.82 Å². The molecule has 3 rings (SSSR count). The maximum atomic E-state index is 13.4. The van der Waals surface area contributed by atoms with E-state index in [1.807, 2.05) is 6.07 Å². The van der Waals surface area contributed by atoms with E-state index in [2.05, 4.69) is 45.5 Å². The second kappa shape index (κ2) is 5.43. The van der Waals surface area contributed by atoms with Crippen LogP contribution in [0.1, 0.15) is 22.7 Å². The highest BCUT2D eigenvalue weighted by atomic mass is 79.9. The highest BCUT2D eigenvalue weighted by Gasteiger charge is 2.19. The average molecular weight is 320 g/mol. The van der Waals surface area contributed by atoms with Crippen LogP contribution in [0.3, 0.4) is 0 Å². The Bertz CT molecular complexity index is 577. The number of hydrogen-bond acceptors (Lipinski definition) is 1. The van der Waals surface area contributed by atoms with E-state index in [9.17, 15) is 4.39 Å². The third kappa shape index (κ3) is 2.88. The number of benzene rings is 2. The summed E-state index contributed by atoms with van der Waals surface area (Å²) in [5, 5.41) is 3.52. The van der Waals surface area contributed by atoms with E-state index in [0.717, 1.165) is 29.4 Å². The first-order valence-corrected chi connectivity index (χ1v) is 7.28. The SMILES string of the molecule is Fc1cc(Br)cc(CC2NCCc3ccccc32)c1. The molecule has 1 heterocycles. The fraction of sp³-hybridized carbons (Fsp3) is 0.250. The minimum absolute atomic E-state index is 0.187. The van der Waals surface area contributed by atoms with Crippen LogP contribution in [0.4, 0.5) is 4.39 Å². The van der Waals surface area contributed by atoms with E-state index in [1.165, 1.54) is 17.2 Å². The lowest BCUT2D eigenvalue weighted by Gasteiger charge is -2.27. The molecule has 1 aliphatic rings. The zero-order chi connectivity index (χ0) is 13.2. The third-order valence-corrected chi connectivity index (χ3v) is 4.04. The Morgan fingerprint density at radius 1 is 1.21 bits per heavy atom. The Balaban J connectivity index is 1.88. The van der Waals surface area contributed by atoms with Gasteiger partial charge in [-0.2, -0.15) is 0 Å². The quantitative estimate of drug-likeness (QED) is 0.881. The van der Waals surface area contributed by atoms with Gasteiger partial charge in [-0.1, -0.05) is 40.2 Å². The maximum Gasteiger partial charge on any atom is 0.124 e. The van der Waals surface area contributed by atoms with Gasteiger partial charge in [0.15, 0.2) is 0 Å². The number of nitrogens with one attached hydrogen (secondary N) is 1. The molecule has 98 valence electrons. The zero-order valence-electron chi connectivity index (χ0n) is 10.5. The number of fused-ring (bicyclic) bond motifs is 1. The van der Waals surface area contributed by atoms with Gasteiger partial charge in [0.2, 0.25) is 0 Å². The van der Waals surface area contributed by atoms with Gasteiger partial charge in [0.25, 0.3) is 0 Å². The summed E-state index contributed by atoms with van der Waals surface area (Å²) in [6.07, 6.45) is 1.88. The number of hydrogen-bond donors (Lipinski definition) is 1. The second-order valence-electron chi connectivity index (χ2n) is 4.94. The predicted octanol–water partition coefficient (Wildman–Crippen LogP) is 4.02. The zero-order valence-corrected chi connectivity index (χ0v) is 12.1. The largest absolute Gasteiger partial charge is 0.309 e. The number of rotatable bonds is 2. The molecule has 2 aromatic carbocycles. The first-order valence-electron chi connectivity index (χ1n) is 6.48. The molecule has 0 aromatic heterocycles. The molecule has 1 atom stereocenters. The molecular formula is C16H15BrFN. The molecule has 2 aromatic rings. The van der Waals surface area contributed by atoms with E-state index >= 15 is 0 Å². The van der Waals surface area contributed by atoms with Gasteiger partial charge in [-0.05, 0) is 54.3 Å². The Kier molecular flexibility index (Phi) is 3.67. The average Bonchev–Trinajstić information content (AvgIpc) is 2.38. The smallest absolute Gasteiger partial charge is 0.124 e. The molecule has 19 heavy (non-hydrogen) atoms. The summed E-state index contributed by atoms with van der Waals surface area (Å²) in [5.41, 5.74) is 3.76. The summed E-state index contributed by atoms with van der Waals surface area (Å²) in [6.45, 7) is 0.984. The Labute approximate surface area is 121 Å². The van der Waals surface area contributed by atoms with E-state index in [-0.39, 0.29) is 11.9 Å². The number of halogens is 2. The Morgan fingerprint density at radius 3 is 2.89 bits per heavy atom. The minimum atomic E-state index is -0.187. The summed E-state index contributed by atoms with van der Waals surface area (Å²) in [5.74, 6) is -0.187. The maximum absolute atomic E-state index is 13.4. The lowest BCUT2D eigenvalue weighted by Crippen LogP contribution is -2.31. The summed E-state index contributed by atoms with van der Waals surface area (Å²) >= 11 is 3.35. The molecule has 1 nitrogen and oxygen atoms in total. The van der Waals surface area contributed by atoms with Crippen LogP contribution in [0.15, 0.2) is 46.9 Å². The van der Waals surface area contributed by atoms with Gasteiger partial charge >= 0.3 is 0 Å². The van der Waals surface area contributed by atoms with Crippen LogP contribution in [0.2, 0.25) is 0 Å². The van der Waals surface area contributed by atoms with Crippen LogP contribution in [-0.2, 0) is 12.8 Å². The van der Waals surface area contributed by atoms with Crippen LogP contribution in [0.5, 0.6) is 0 Å². The molecule has 0 amide bonds. The molecule has 1 N–H and O–H groups in total. The molecule has 0 aliphatic carbocycles. The molecule has 0 spiro atoms. The summed E-state index contributed by atoms with van der Waals surface area (Å²) in [7, 11) is 0. The van der Waals surface area contributed by atoms with Gasteiger partial charge in [-0.25, -0.2) is 4.39 Å². The van der Waals surface area contributed by atoms with Gasteiger partial charge < -0.3 is 5.32 Å². The van der Waals surface area contributed by atoms with Crippen LogP contribution >= 0.6 is 15.9 Å². The van der Waals surface area contributed by atoms with E-state index in [4.69, 9.17) is 0 Å². The first kappa shape index (κ1) is 12.8. The fourth-order valence-electron chi connectivity index (χ4n) is 2.74. The first-order chi connectivity index (χ1) is 9.22. The van der Waals surface area contributed by atoms with Gasteiger partial charge in [0, 0.05) is 10.5 Å². The van der Waals surface area contributed by atoms with Gasteiger partial charge in [0.05, 0.1) is 0 Å². The van der Waals surface area contributed by atoms with Crippen molar-refractivity contribution in [2.24, 2.45) is 0 Å². The molecular weight excluding hydrogens is 305 g/mol. The van der Waals surface area contributed by atoms with Crippen molar-refractivity contribution in [3.05, 3.63) is 69.4 Å². The highest BCUT2D eigenvalue weighted by molar-refractivity contribution is 9.10. The predicted molar refractivity (Wildman–Crippen MR) is 78.7 cm³/mol. The van der Waals surface area contributed by atoms with E-state index < -0.39 is 0 Å². The summed E-state index contributed by atoms with van der Waals surface area (Å²) < 4.78 is 14.2. The van der Waals surface area contributed by atoms with Crippen molar-refractivity contribution in [1.29, 1.82) is 0 Å². The van der Waals surface area contributed by atoms with E-state index in [1.54, 1.807) is 6.07 Å². The molecule has 0 fully saturated rings. The standard InChI is InChI=1S/C16H15BrFN/c17-13-7-11(8-14(18)10-13)9-16-15-4-2-1-3-12(15)5-6-19-16/h1-4,7-8,10,16,19H,5-6,9H2. The highest BCUT2D eigenvalue weighted by Crippen LogP contribution is 2.27. The van der Waals surface area contributed by atoms with Crippen LogP contribution in [-0.4, -0.2) is 6.54 Å². The molecule has 1 aliphatic heterocycles. The van der Waals surface area contributed by atoms with Crippen molar-refractivity contribution in [1.82, 2.24) is 5.32 Å². The van der Waals surface area contributed by atoms with Crippen molar-refractivity contribution < 1.29 is 4.39 Å². The molecule has 0 bridgehead atoms. The molecule has 3 heteroatoms. The van der Waals surface area contributed by atoms with Crippen molar-refractivity contribution in [3.8, 4) is 0 Å². The van der Waals surface area contributed by atoms with Gasteiger partial charge in [-0.15, -0.1) is 0 Å². The third-order valence-electron chi connectivity index (χ3n) is 3.58. The lowest BCUT2D eigenvalue weighted by molar-refractivity contribution is 0.501. The van der Waals surface area contributed by atoms with Crippen molar-refractivity contribution in [3.63, 3.8) is 0 Å². The Hall–Kier alpha value is -1.19. The van der Waals surface area contributed by atoms with Crippen LogP contribution in [0.25, 0.3) is 0 Å². The minimum Gasteiger partial charge on any atom is -0.309 e. The fourth-order valence-corrected chi connectivity index (χ4v) is 3.25. The molecule has 0 saturated carbocycles. The van der Waals surface area contributed by atoms with Crippen molar-refractivity contribution >= 4 is 15.9 Å². The summed E-state index contributed by atoms with van der Waals surface area (Å²) in [6, 6.07) is 13.9. The van der Waals surface area contributed by atoms with Crippen molar-refractivity contribution in [2.75, 3.05) is 6.54 Å². The second-order valence-corrected chi connectivity index (χ2v) is 5.85. The monoisotopic (exact) mass is 319 g/mol.